The Kier molecular flexibility index (Phi) is 4.51. The molecule has 0 unspecified atom stereocenters. The van der Waals surface area contributed by atoms with Gasteiger partial charge >= 0.3 is 0 Å². The van der Waals surface area contributed by atoms with Gasteiger partial charge in [0.25, 0.3) is 0 Å². The molecule has 0 N–H and O–H groups in total. The fourth-order valence-corrected chi connectivity index (χ4v) is 3.48. The standard InChI is InChI=1S/C19H22FN3O2/c20-16-6-2-1-5-15(16)11-18(24)23-9-3-4-13(12-23)10-17-21-19(22-25-17)14-7-8-14/h1-2,5-6,13-14H,3-4,7-12H2/t13-/m0/s1. The number of piperidine rings is 1. The lowest BCUT2D eigenvalue weighted by molar-refractivity contribution is -0.132. The number of carbonyl (C=O) groups is 1. The van der Waals surface area contributed by atoms with Gasteiger partial charge in [0.05, 0.1) is 6.42 Å². The fraction of sp³-hybridized carbons (Fsp3) is 0.526. The van der Waals surface area contributed by atoms with Crippen LogP contribution in [0.5, 0.6) is 0 Å². The first-order chi connectivity index (χ1) is 12.2. The highest BCUT2D eigenvalue weighted by Crippen LogP contribution is 2.38. The quantitative estimate of drug-likeness (QED) is 0.837. The molecule has 1 aliphatic carbocycles. The molecule has 0 spiro atoms. The molecule has 2 aliphatic rings. The zero-order chi connectivity index (χ0) is 17.2. The number of amides is 1. The Morgan fingerprint density at radius 2 is 2.12 bits per heavy atom. The lowest BCUT2D eigenvalue weighted by Gasteiger charge is -2.32. The molecular formula is C19H22FN3O2. The van der Waals surface area contributed by atoms with Gasteiger partial charge in [-0.15, -0.1) is 0 Å². The molecule has 1 aromatic carbocycles. The van der Waals surface area contributed by atoms with Crippen LogP contribution in [0.4, 0.5) is 4.39 Å². The number of aromatic nitrogens is 2. The molecule has 2 aromatic rings. The van der Waals surface area contributed by atoms with E-state index in [1.165, 1.54) is 6.07 Å². The van der Waals surface area contributed by atoms with Crippen molar-refractivity contribution in [3.05, 3.63) is 47.4 Å². The van der Waals surface area contributed by atoms with Gasteiger partial charge in [0.15, 0.2) is 5.82 Å². The van der Waals surface area contributed by atoms with Gasteiger partial charge in [0.2, 0.25) is 11.8 Å². The van der Waals surface area contributed by atoms with Crippen LogP contribution < -0.4 is 0 Å². The van der Waals surface area contributed by atoms with Gasteiger partial charge in [-0.05, 0) is 43.2 Å². The van der Waals surface area contributed by atoms with Gasteiger partial charge in [-0.2, -0.15) is 4.98 Å². The van der Waals surface area contributed by atoms with E-state index >= 15 is 0 Å². The largest absolute Gasteiger partial charge is 0.342 e. The van der Waals surface area contributed by atoms with Crippen LogP contribution in [0.3, 0.4) is 0 Å². The summed E-state index contributed by atoms with van der Waals surface area (Å²) in [6.45, 7) is 1.41. The predicted molar refractivity (Wildman–Crippen MR) is 89.4 cm³/mol. The molecule has 25 heavy (non-hydrogen) atoms. The fourth-order valence-electron chi connectivity index (χ4n) is 3.48. The summed E-state index contributed by atoms with van der Waals surface area (Å²) in [6.07, 6.45) is 5.14. The van der Waals surface area contributed by atoms with Crippen LogP contribution >= 0.6 is 0 Å². The maximum atomic E-state index is 13.8. The van der Waals surface area contributed by atoms with Gasteiger partial charge in [-0.25, -0.2) is 4.39 Å². The molecule has 0 radical (unpaired) electrons. The van der Waals surface area contributed by atoms with E-state index < -0.39 is 0 Å². The second-order valence-corrected chi connectivity index (χ2v) is 7.14. The highest BCUT2D eigenvalue weighted by atomic mass is 19.1. The molecule has 1 aliphatic heterocycles. The molecule has 1 aromatic heterocycles. The molecule has 0 bridgehead atoms. The molecule has 132 valence electrons. The molecule has 6 heteroatoms. The number of likely N-dealkylation sites (tertiary alicyclic amines) is 1. The van der Waals surface area contributed by atoms with Crippen LogP contribution in [0.1, 0.15) is 48.9 Å². The minimum absolute atomic E-state index is 0.0148. The van der Waals surface area contributed by atoms with Crippen LogP contribution in [0, 0.1) is 11.7 Å². The normalized spacial score (nSPS) is 20.7. The smallest absolute Gasteiger partial charge is 0.227 e. The summed E-state index contributed by atoms with van der Waals surface area (Å²) >= 11 is 0. The summed E-state index contributed by atoms with van der Waals surface area (Å²) < 4.78 is 19.1. The number of halogens is 1. The van der Waals surface area contributed by atoms with Gasteiger partial charge in [-0.3, -0.25) is 4.79 Å². The maximum Gasteiger partial charge on any atom is 0.227 e. The zero-order valence-corrected chi connectivity index (χ0v) is 14.2. The summed E-state index contributed by atoms with van der Waals surface area (Å²) in [7, 11) is 0. The summed E-state index contributed by atoms with van der Waals surface area (Å²) in [5.41, 5.74) is 0.459. The molecule has 2 heterocycles. The van der Waals surface area contributed by atoms with Crippen molar-refractivity contribution in [3.8, 4) is 0 Å². The average molecular weight is 343 g/mol. The van der Waals surface area contributed by atoms with Crippen molar-refractivity contribution >= 4 is 5.91 Å². The minimum Gasteiger partial charge on any atom is -0.342 e. The van der Waals surface area contributed by atoms with Crippen LogP contribution in [0.25, 0.3) is 0 Å². The van der Waals surface area contributed by atoms with Gasteiger partial charge < -0.3 is 9.42 Å². The lowest BCUT2D eigenvalue weighted by Crippen LogP contribution is -2.41. The summed E-state index contributed by atoms with van der Waals surface area (Å²) in [4.78, 5) is 18.9. The van der Waals surface area contributed by atoms with Crippen molar-refractivity contribution < 1.29 is 13.7 Å². The molecular weight excluding hydrogens is 321 g/mol. The number of hydrogen-bond donors (Lipinski definition) is 0. The van der Waals surface area contributed by atoms with E-state index in [9.17, 15) is 9.18 Å². The van der Waals surface area contributed by atoms with Crippen molar-refractivity contribution in [1.29, 1.82) is 0 Å². The Morgan fingerprint density at radius 3 is 2.92 bits per heavy atom. The first kappa shape index (κ1) is 16.2. The van der Waals surface area contributed by atoms with Gasteiger partial charge in [0, 0.05) is 25.4 Å². The third-order valence-corrected chi connectivity index (χ3v) is 5.06. The van der Waals surface area contributed by atoms with Gasteiger partial charge in [0.1, 0.15) is 5.82 Å². The SMILES string of the molecule is O=C(Cc1ccccc1F)N1CCC[C@@H](Cc2nc(C3CC3)no2)C1. The van der Waals surface area contributed by atoms with Gasteiger partial charge in [-0.1, -0.05) is 23.4 Å². The Bertz CT molecular complexity index is 757. The summed E-state index contributed by atoms with van der Waals surface area (Å²) in [6, 6.07) is 6.47. The van der Waals surface area contributed by atoms with Crippen LogP contribution in [0.2, 0.25) is 0 Å². The molecule has 2 fully saturated rings. The Labute approximate surface area is 146 Å². The molecule has 4 rings (SSSR count). The van der Waals surface area contributed by atoms with E-state index in [-0.39, 0.29) is 18.1 Å². The van der Waals surface area contributed by atoms with E-state index in [0.717, 1.165) is 38.1 Å². The van der Waals surface area contributed by atoms with Crippen molar-refractivity contribution in [2.45, 2.75) is 44.4 Å². The number of hydrogen-bond acceptors (Lipinski definition) is 4. The molecule has 1 saturated carbocycles. The second-order valence-electron chi connectivity index (χ2n) is 7.14. The van der Waals surface area contributed by atoms with Crippen molar-refractivity contribution in [2.75, 3.05) is 13.1 Å². The van der Waals surface area contributed by atoms with E-state index in [1.807, 2.05) is 4.90 Å². The monoisotopic (exact) mass is 343 g/mol. The lowest BCUT2D eigenvalue weighted by atomic mass is 9.94. The molecule has 5 nitrogen and oxygen atoms in total. The Morgan fingerprint density at radius 1 is 1.28 bits per heavy atom. The summed E-state index contributed by atoms with van der Waals surface area (Å²) in [5, 5.41) is 4.06. The molecule has 1 amide bonds. The van der Waals surface area contributed by atoms with Crippen LogP contribution in [-0.2, 0) is 17.6 Å². The Balaban J connectivity index is 1.35. The first-order valence-electron chi connectivity index (χ1n) is 9.02. The minimum atomic E-state index is -0.317. The number of benzene rings is 1. The third-order valence-electron chi connectivity index (χ3n) is 5.06. The average Bonchev–Trinajstić information content (AvgIpc) is 3.37. The molecule has 1 saturated heterocycles. The van der Waals surface area contributed by atoms with Crippen molar-refractivity contribution in [1.82, 2.24) is 15.0 Å². The topological polar surface area (TPSA) is 59.2 Å². The Hall–Kier alpha value is -2.24. The zero-order valence-electron chi connectivity index (χ0n) is 14.2. The van der Waals surface area contributed by atoms with E-state index in [4.69, 9.17) is 4.52 Å². The predicted octanol–water partition coefficient (Wildman–Crippen LogP) is 3.11. The number of nitrogens with zero attached hydrogens (tertiary/aromatic N) is 3. The third kappa shape index (κ3) is 3.89. The maximum absolute atomic E-state index is 13.8. The van der Waals surface area contributed by atoms with Crippen molar-refractivity contribution in [3.63, 3.8) is 0 Å². The van der Waals surface area contributed by atoms with E-state index in [1.54, 1.807) is 18.2 Å². The summed E-state index contributed by atoms with van der Waals surface area (Å²) in [5.74, 6) is 1.99. The van der Waals surface area contributed by atoms with Crippen LogP contribution in [-0.4, -0.2) is 34.0 Å². The number of rotatable bonds is 5. The second kappa shape index (κ2) is 6.94. The first-order valence-corrected chi connectivity index (χ1v) is 9.02. The molecule has 1 atom stereocenters. The van der Waals surface area contributed by atoms with E-state index in [2.05, 4.69) is 10.1 Å². The highest BCUT2D eigenvalue weighted by molar-refractivity contribution is 5.78. The number of carbonyl (C=O) groups excluding carboxylic acids is 1. The van der Waals surface area contributed by atoms with E-state index in [0.29, 0.717) is 36.3 Å². The van der Waals surface area contributed by atoms with Crippen molar-refractivity contribution in [2.24, 2.45) is 5.92 Å². The highest BCUT2D eigenvalue weighted by Gasteiger charge is 2.30. The van der Waals surface area contributed by atoms with Crippen LogP contribution in [0.15, 0.2) is 28.8 Å².